The number of allylic oxidation sites excluding steroid dienone is 2. The molecule has 1 saturated heterocycles. The fourth-order valence-electron chi connectivity index (χ4n) is 5.11. The summed E-state index contributed by atoms with van der Waals surface area (Å²) in [6.07, 6.45) is 6.46. The van der Waals surface area contributed by atoms with Crippen molar-refractivity contribution in [3.63, 3.8) is 0 Å². The number of carboxylic acid groups (broad SMARTS) is 1. The van der Waals surface area contributed by atoms with Crippen LogP contribution in [0.25, 0.3) is 0 Å². The molecule has 3 aliphatic rings. The molecule has 4 atom stereocenters. The summed E-state index contributed by atoms with van der Waals surface area (Å²) in [6, 6.07) is 12.1. The highest BCUT2D eigenvalue weighted by atomic mass is 16.5. The minimum Gasteiger partial charge on any atom is -0.488 e. The van der Waals surface area contributed by atoms with Gasteiger partial charge >= 0.3 is 5.97 Å². The molecule has 5 rings (SSSR count). The summed E-state index contributed by atoms with van der Waals surface area (Å²) < 4.78 is 6.03. The Morgan fingerprint density at radius 2 is 1.82 bits per heavy atom. The van der Waals surface area contributed by atoms with Crippen molar-refractivity contribution in [1.82, 2.24) is 5.01 Å². The molecule has 2 fully saturated rings. The van der Waals surface area contributed by atoms with Crippen LogP contribution in [-0.2, 0) is 16.2 Å². The van der Waals surface area contributed by atoms with E-state index in [0.29, 0.717) is 16.9 Å². The molecule has 2 amide bonds. The number of carbonyl (C=O) groups is 3. The van der Waals surface area contributed by atoms with E-state index in [4.69, 9.17) is 4.74 Å². The second-order valence-electron chi connectivity index (χ2n) is 9.14. The summed E-state index contributed by atoms with van der Waals surface area (Å²) in [5.74, 6) is -1.30. The number of ether oxygens (including phenoxy) is 1. The van der Waals surface area contributed by atoms with Gasteiger partial charge < -0.3 is 14.7 Å². The monoisotopic (exact) mass is 459 g/mol. The van der Waals surface area contributed by atoms with Crippen LogP contribution in [-0.4, -0.2) is 48.2 Å². The minimum atomic E-state index is -1.00. The Kier molecular flexibility index (Phi) is 5.43. The molecule has 2 aromatic carbocycles. The molecule has 2 aliphatic carbocycles. The number of nitrogens with zero attached hydrogens (tertiary/aromatic N) is 3. The molecular weight excluding hydrogens is 434 g/mol. The molecule has 8 nitrogen and oxygen atoms in total. The second-order valence-corrected chi connectivity index (χ2v) is 9.14. The van der Waals surface area contributed by atoms with Crippen molar-refractivity contribution < 1.29 is 24.2 Å². The van der Waals surface area contributed by atoms with E-state index >= 15 is 0 Å². The molecule has 174 valence electrons. The van der Waals surface area contributed by atoms with Gasteiger partial charge in [-0.3, -0.25) is 9.59 Å². The van der Waals surface area contributed by atoms with Gasteiger partial charge in [-0.25, -0.2) is 4.79 Å². The molecule has 8 heteroatoms. The van der Waals surface area contributed by atoms with E-state index in [1.807, 2.05) is 37.2 Å². The third-order valence-electron chi connectivity index (χ3n) is 6.84. The maximum atomic E-state index is 12.9. The first kappa shape index (κ1) is 21.9. The van der Waals surface area contributed by atoms with Crippen LogP contribution in [0.4, 0.5) is 5.69 Å². The Labute approximate surface area is 197 Å². The van der Waals surface area contributed by atoms with Crippen LogP contribution in [0, 0.1) is 23.7 Å². The van der Waals surface area contributed by atoms with Crippen molar-refractivity contribution in [2.24, 2.45) is 28.8 Å². The highest BCUT2D eigenvalue weighted by Crippen LogP contribution is 2.52. The average molecular weight is 460 g/mol. The van der Waals surface area contributed by atoms with Crippen LogP contribution in [0.15, 0.2) is 59.7 Å². The van der Waals surface area contributed by atoms with E-state index in [9.17, 15) is 19.5 Å². The van der Waals surface area contributed by atoms with Crippen molar-refractivity contribution in [3.05, 3.63) is 71.3 Å². The minimum absolute atomic E-state index is 0.131. The van der Waals surface area contributed by atoms with E-state index in [1.165, 1.54) is 12.3 Å². The second kappa shape index (κ2) is 8.44. The van der Waals surface area contributed by atoms with E-state index < -0.39 is 5.97 Å². The molecule has 4 unspecified atom stereocenters. The van der Waals surface area contributed by atoms with Crippen LogP contribution < -0.4 is 9.64 Å². The zero-order valence-corrected chi connectivity index (χ0v) is 18.9. The van der Waals surface area contributed by atoms with E-state index in [-0.39, 0.29) is 47.7 Å². The SMILES string of the molecule is CN(C)c1ccc(C=NN2C(=O)C3C4C=CC(C4)C3C2=O)c(OCc2cccc(C(=O)O)c2)c1. The number of carbonyl (C=O) groups excluding carboxylic acids is 2. The van der Waals surface area contributed by atoms with Gasteiger partial charge in [0.25, 0.3) is 11.8 Å². The predicted octanol–water partition coefficient (Wildman–Crippen LogP) is 3.17. The summed E-state index contributed by atoms with van der Waals surface area (Å²) in [4.78, 5) is 39.0. The first-order valence-electron chi connectivity index (χ1n) is 11.2. The molecule has 2 aromatic rings. The highest BCUT2D eigenvalue weighted by Gasteiger charge is 2.59. The number of fused-ring (bicyclic) bond motifs is 5. The number of imide groups is 1. The summed E-state index contributed by atoms with van der Waals surface area (Å²) >= 11 is 0. The van der Waals surface area contributed by atoms with Gasteiger partial charge in [0.15, 0.2) is 0 Å². The first-order chi connectivity index (χ1) is 16.3. The number of benzene rings is 2. The van der Waals surface area contributed by atoms with Crippen molar-refractivity contribution in [1.29, 1.82) is 0 Å². The molecule has 1 saturated carbocycles. The van der Waals surface area contributed by atoms with Gasteiger partial charge in [-0.2, -0.15) is 10.1 Å². The third kappa shape index (κ3) is 3.75. The number of aromatic carboxylic acids is 1. The molecule has 1 heterocycles. The van der Waals surface area contributed by atoms with Gasteiger partial charge in [0.2, 0.25) is 0 Å². The van der Waals surface area contributed by atoms with Gasteiger partial charge in [-0.15, -0.1) is 0 Å². The van der Waals surface area contributed by atoms with E-state index in [1.54, 1.807) is 18.2 Å². The molecule has 1 aliphatic heterocycles. The van der Waals surface area contributed by atoms with Crippen LogP contribution in [0.1, 0.15) is 27.9 Å². The lowest BCUT2D eigenvalue weighted by Crippen LogP contribution is -2.28. The van der Waals surface area contributed by atoms with Gasteiger partial charge in [0.1, 0.15) is 12.4 Å². The number of hydrogen-bond donors (Lipinski definition) is 1. The van der Waals surface area contributed by atoms with Gasteiger partial charge in [0.05, 0.1) is 23.6 Å². The summed E-state index contributed by atoms with van der Waals surface area (Å²) in [5, 5.41) is 14.5. The maximum absolute atomic E-state index is 12.9. The normalized spacial score (nSPS) is 24.8. The Morgan fingerprint density at radius 1 is 1.12 bits per heavy atom. The number of amides is 2. The Bertz CT molecular complexity index is 1200. The fraction of sp³-hybridized carbons (Fsp3) is 0.308. The van der Waals surface area contributed by atoms with Crippen LogP contribution >= 0.6 is 0 Å². The Balaban J connectivity index is 1.38. The van der Waals surface area contributed by atoms with Gasteiger partial charge in [-0.1, -0.05) is 24.3 Å². The fourth-order valence-corrected chi connectivity index (χ4v) is 5.11. The van der Waals surface area contributed by atoms with Crippen molar-refractivity contribution in [2.75, 3.05) is 19.0 Å². The molecule has 2 bridgehead atoms. The highest BCUT2D eigenvalue weighted by molar-refractivity contribution is 6.07. The lowest BCUT2D eigenvalue weighted by Gasteiger charge is -2.17. The van der Waals surface area contributed by atoms with Crippen LogP contribution in [0.5, 0.6) is 5.75 Å². The quantitative estimate of drug-likeness (QED) is 0.388. The zero-order chi connectivity index (χ0) is 24.0. The molecule has 0 spiro atoms. The Hall–Kier alpha value is -3.94. The predicted molar refractivity (Wildman–Crippen MR) is 126 cm³/mol. The third-order valence-corrected chi connectivity index (χ3v) is 6.84. The number of hydrogen-bond acceptors (Lipinski definition) is 6. The molecular formula is C26H25N3O5. The topological polar surface area (TPSA) is 99.5 Å². The molecule has 0 radical (unpaired) electrons. The molecule has 1 N–H and O–H groups in total. The smallest absolute Gasteiger partial charge is 0.335 e. The van der Waals surface area contributed by atoms with E-state index in [0.717, 1.165) is 17.1 Å². The van der Waals surface area contributed by atoms with Gasteiger partial charge in [-0.05, 0) is 48.1 Å². The van der Waals surface area contributed by atoms with E-state index in [2.05, 4.69) is 17.3 Å². The summed E-state index contributed by atoms with van der Waals surface area (Å²) in [5.41, 5.74) is 2.40. The van der Waals surface area contributed by atoms with Crippen molar-refractivity contribution in [2.45, 2.75) is 13.0 Å². The zero-order valence-electron chi connectivity index (χ0n) is 18.9. The number of carboxylic acids is 1. The lowest BCUT2D eigenvalue weighted by atomic mass is 9.85. The van der Waals surface area contributed by atoms with Crippen LogP contribution in [0.3, 0.4) is 0 Å². The Morgan fingerprint density at radius 3 is 2.47 bits per heavy atom. The molecule has 0 aromatic heterocycles. The van der Waals surface area contributed by atoms with Crippen molar-refractivity contribution >= 4 is 29.7 Å². The maximum Gasteiger partial charge on any atom is 0.335 e. The standard InChI is InChI=1S/C26H25N3O5/c1-28(2)20-9-8-19(21(12-20)34-14-15-4-3-5-18(10-15)26(32)33)13-27-29-24(30)22-16-6-7-17(11-16)23(22)25(29)31/h3-10,12-13,16-17,22-23H,11,14H2,1-2H3,(H,32,33). The largest absolute Gasteiger partial charge is 0.488 e. The van der Waals surface area contributed by atoms with Crippen molar-refractivity contribution in [3.8, 4) is 5.75 Å². The number of hydrazone groups is 1. The lowest BCUT2D eigenvalue weighted by molar-refractivity contribution is -0.140. The number of anilines is 1. The molecule has 34 heavy (non-hydrogen) atoms. The first-order valence-corrected chi connectivity index (χ1v) is 11.2. The summed E-state index contributed by atoms with van der Waals surface area (Å²) in [7, 11) is 3.82. The van der Waals surface area contributed by atoms with Crippen LogP contribution in [0.2, 0.25) is 0 Å². The van der Waals surface area contributed by atoms with Gasteiger partial charge in [0, 0.05) is 31.4 Å². The summed E-state index contributed by atoms with van der Waals surface area (Å²) in [6.45, 7) is 0.152. The number of rotatable bonds is 7. The average Bonchev–Trinajstić information content (AvgIpc) is 3.51.